The van der Waals surface area contributed by atoms with E-state index in [0.29, 0.717) is 19.6 Å². The van der Waals surface area contributed by atoms with Crippen LogP contribution in [0.1, 0.15) is 92.1 Å². The fourth-order valence-electron chi connectivity index (χ4n) is 6.63. The summed E-state index contributed by atoms with van der Waals surface area (Å²) in [6, 6.07) is -2.54. The van der Waals surface area contributed by atoms with Crippen molar-refractivity contribution in [2.75, 3.05) is 33.9 Å². The number of amides is 3. The van der Waals surface area contributed by atoms with E-state index in [-0.39, 0.29) is 64.7 Å². The van der Waals surface area contributed by atoms with Gasteiger partial charge in [0, 0.05) is 55.6 Å². The lowest BCUT2D eigenvalue weighted by Gasteiger charge is -2.40. The minimum Gasteiger partial charge on any atom is -0.481 e. The normalized spacial score (nSPS) is 19.6. The van der Waals surface area contributed by atoms with Crippen LogP contribution in [0.2, 0.25) is 0 Å². The lowest BCUT2D eigenvalue weighted by molar-refractivity contribution is -0.151. The van der Waals surface area contributed by atoms with Gasteiger partial charge in [-0.3, -0.25) is 28.9 Å². The number of esters is 1. The van der Waals surface area contributed by atoms with Crippen LogP contribution in [0.4, 0.5) is 13.2 Å². The van der Waals surface area contributed by atoms with E-state index in [1.54, 1.807) is 11.9 Å². The number of carboxylic acids is 1. The number of hydrogen-bond acceptors (Lipinski definition) is 12. The van der Waals surface area contributed by atoms with Gasteiger partial charge in [0.05, 0.1) is 30.2 Å². The molecule has 3 amide bonds. The fraction of sp³-hybridized carbons (Fsp3) is 0.686. The Balaban J connectivity index is 1.51. The number of thiazole rings is 2. The lowest BCUT2D eigenvalue weighted by atomic mass is 9.92. The summed E-state index contributed by atoms with van der Waals surface area (Å²) in [5.41, 5.74) is -1.14. The van der Waals surface area contributed by atoms with Crippen molar-refractivity contribution < 1.29 is 51.7 Å². The van der Waals surface area contributed by atoms with Crippen molar-refractivity contribution in [2.45, 2.75) is 103 Å². The van der Waals surface area contributed by atoms with Crippen LogP contribution in [-0.2, 0) is 41.2 Å². The number of carbonyl (C=O) groups is 5. The van der Waals surface area contributed by atoms with Crippen LogP contribution >= 0.6 is 22.7 Å². The number of piperidine rings is 1. The fourth-order valence-corrected chi connectivity index (χ4v) is 8.35. The summed E-state index contributed by atoms with van der Waals surface area (Å²) in [6.07, 6.45) is -3.10. The molecule has 2 aromatic rings. The molecule has 6 atom stereocenters. The zero-order valence-corrected chi connectivity index (χ0v) is 32.8. The molecule has 19 heteroatoms. The van der Waals surface area contributed by atoms with Crippen LogP contribution in [0.5, 0.6) is 0 Å². The molecule has 54 heavy (non-hydrogen) atoms. The Labute approximate surface area is 320 Å². The number of nitrogens with one attached hydrogen (secondary N) is 2. The molecule has 0 spiro atoms. The number of carboxylic acid groups (broad SMARTS) is 1. The van der Waals surface area contributed by atoms with Crippen LogP contribution in [0, 0.1) is 17.8 Å². The van der Waals surface area contributed by atoms with Gasteiger partial charge in [-0.15, -0.1) is 22.7 Å². The van der Waals surface area contributed by atoms with E-state index in [0.717, 1.165) is 47.4 Å². The topological polar surface area (TPSA) is 180 Å². The van der Waals surface area contributed by atoms with Crippen molar-refractivity contribution >= 4 is 52.3 Å². The van der Waals surface area contributed by atoms with Gasteiger partial charge in [-0.2, -0.15) is 13.2 Å². The number of likely N-dealkylation sites (N-methyl/N-ethyl adjacent to an activating group) is 2. The maximum absolute atomic E-state index is 14.1. The number of likely N-dealkylation sites (tertiary alicyclic amines) is 1. The molecule has 0 unspecified atom stereocenters. The highest BCUT2D eigenvalue weighted by atomic mass is 32.1. The zero-order chi connectivity index (χ0) is 39.9. The molecule has 3 N–H and O–H groups in total. The first-order valence-electron chi connectivity index (χ1n) is 17.9. The van der Waals surface area contributed by atoms with Crippen molar-refractivity contribution in [1.29, 1.82) is 0 Å². The largest absolute Gasteiger partial charge is 0.481 e. The van der Waals surface area contributed by atoms with Crippen LogP contribution in [0.3, 0.4) is 0 Å². The average molecular weight is 803 g/mol. The smallest absolute Gasteiger partial charge is 0.434 e. The molecular formula is C35H49F3N6O8S2. The summed E-state index contributed by atoms with van der Waals surface area (Å²) in [5, 5.41) is 17.8. The van der Waals surface area contributed by atoms with E-state index in [1.165, 1.54) is 19.2 Å². The van der Waals surface area contributed by atoms with Gasteiger partial charge in [-0.25, -0.2) is 9.97 Å². The van der Waals surface area contributed by atoms with Gasteiger partial charge in [0.25, 0.3) is 5.91 Å². The molecule has 4 heterocycles. The number of rotatable bonds is 17. The first kappa shape index (κ1) is 43.1. The third-order valence-corrected chi connectivity index (χ3v) is 11.6. The summed E-state index contributed by atoms with van der Waals surface area (Å²) in [5.74, 6) is -4.25. The molecule has 2 saturated heterocycles. The number of nitrogens with zero attached hydrogens (tertiary/aromatic N) is 4. The van der Waals surface area contributed by atoms with Gasteiger partial charge >= 0.3 is 18.1 Å². The number of carbonyl (C=O) groups excluding carboxylic acids is 4. The SMILES string of the molecule is CC(=O)O[C@H](C[C@H](C(C)C)N(C)C(=O)[C@@H](NC(=O)[C@H]1CCCCN1C)C1COC1)c1nc(C(=O)N[C@@H](Cc2nc(C(F)(F)F)cs2)C[C@H](C)C(=O)O)cs1. The van der Waals surface area contributed by atoms with Gasteiger partial charge in [0.15, 0.2) is 11.8 Å². The molecule has 300 valence electrons. The van der Waals surface area contributed by atoms with Crippen molar-refractivity contribution in [2.24, 2.45) is 17.8 Å². The summed E-state index contributed by atoms with van der Waals surface area (Å²) < 4.78 is 50.6. The molecule has 14 nitrogen and oxygen atoms in total. The van der Waals surface area contributed by atoms with E-state index in [4.69, 9.17) is 9.47 Å². The predicted octanol–water partition coefficient (Wildman–Crippen LogP) is 4.16. The Morgan fingerprint density at radius 3 is 2.33 bits per heavy atom. The van der Waals surface area contributed by atoms with Gasteiger partial charge in [-0.05, 0) is 38.8 Å². The molecule has 2 aliphatic rings. The first-order valence-corrected chi connectivity index (χ1v) is 19.6. The molecule has 0 bridgehead atoms. The van der Waals surface area contributed by atoms with Crippen molar-refractivity contribution in [1.82, 2.24) is 30.4 Å². The van der Waals surface area contributed by atoms with Gasteiger partial charge in [0.1, 0.15) is 16.7 Å². The molecule has 0 saturated carbocycles. The molecule has 2 fully saturated rings. The van der Waals surface area contributed by atoms with E-state index < -0.39 is 59.9 Å². The Hall–Kier alpha value is -3.68. The third kappa shape index (κ3) is 11.4. The van der Waals surface area contributed by atoms with Crippen molar-refractivity contribution in [3.8, 4) is 0 Å². The summed E-state index contributed by atoms with van der Waals surface area (Å²) in [4.78, 5) is 76.5. The van der Waals surface area contributed by atoms with Gasteiger partial charge < -0.3 is 30.1 Å². The Morgan fingerprint density at radius 2 is 1.78 bits per heavy atom. The number of hydrogen-bond donors (Lipinski definition) is 3. The van der Waals surface area contributed by atoms with E-state index >= 15 is 0 Å². The average Bonchev–Trinajstić information content (AvgIpc) is 3.75. The summed E-state index contributed by atoms with van der Waals surface area (Å²) in [7, 11) is 3.54. The van der Waals surface area contributed by atoms with Crippen LogP contribution in [0.15, 0.2) is 10.8 Å². The number of aromatic nitrogens is 2. The quantitative estimate of drug-likeness (QED) is 0.196. The third-order valence-electron chi connectivity index (χ3n) is 9.84. The highest BCUT2D eigenvalue weighted by Gasteiger charge is 2.41. The maximum atomic E-state index is 14.1. The number of alkyl halides is 3. The summed E-state index contributed by atoms with van der Waals surface area (Å²) in [6.45, 7) is 7.92. The number of aliphatic carboxylic acids is 1. The monoisotopic (exact) mass is 802 g/mol. The zero-order valence-electron chi connectivity index (χ0n) is 31.2. The van der Waals surface area contributed by atoms with E-state index in [1.807, 2.05) is 25.8 Å². The minimum absolute atomic E-state index is 0.0683. The Kier molecular flexibility index (Phi) is 15.0. The number of ether oxygens (including phenoxy) is 2. The predicted molar refractivity (Wildman–Crippen MR) is 193 cm³/mol. The first-order chi connectivity index (χ1) is 25.3. The summed E-state index contributed by atoms with van der Waals surface area (Å²) >= 11 is 1.80. The van der Waals surface area contributed by atoms with Crippen molar-refractivity contribution in [3.05, 3.63) is 32.2 Å². The van der Waals surface area contributed by atoms with E-state index in [9.17, 15) is 42.3 Å². The molecule has 4 rings (SSSR count). The van der Waals surface area contributed by atoms with Gasteiger partial charge in [-0.1, -0.05) is 27.2 Å². The van der Waals surface area contributed by atoms with Crippen molar-refractivity contribution in [3.63, 3.8) is 0 Å². The van der Waals surface area contributed by atoms with Crippen LogP contribution in [-0.4, -0.2) is 113 Å². The highest BCUT2D eigenvalue weighted by Crippen LogP contribution is 2.33. The number of halogens is 3. The van der Waals surface area contributed by atoms with Crippen LogP contribution < -0.4 is 10.6 Å². The Bertz CT molecular complexity index is 1630. The van der Waals surface area contributed by atoms with Crippen LogP contribution in [0.25, 0.3) is 0 Å². The Morgan fingerprint density at radius 1 is 1.07 bits per heavy atom. The second-order valence-electron chi connectivity index (χ2n) is 14.4. The molecular weight excluding hydrogens is 754 g/mol. The standard InChI is InChI=1S/C35H49F3N6O8S2/c1-18(2)25(44(6)33(48)29(21-14-51-15-21)42-31(47)24-9-7-8-10-43(24)5)13-26(52-20(4)45)32-40-23(16-54-32)30(46)39-22(11-19(3)34(49)50)12-28-41-27(17-53-28)35(36,37)38/h16-19,21-22,24-26,29H,7-15H2,1-6H3,(H,39,46)(H,42,47)(H,49,50)/t19-,22+,24+,25+,26+,29-/m0/s1. The molecule has 2 aliphatic heterocycles. The molecule has 0 aliphatic carbocycles. The lowest BCUT2D eigenvalue weighted by Crippen LogP contribution is -2.61. The second kappa shape index (κ2) is 18.8. The molecule has 0 radical (unpaired) electrons. The molecule has 0 aromatic carbocycles. The minimum atomic E-state index is -4.65. The van der Waals surface area contributed by atoms with Gasteiger partial charge in [0.2, 0.25) is 11.8 Å². The molecule has 2 aromatic heterocycles. The van der Waals surface area contributed by atoms with E-state index in [2.05, 4.69) is 20.6 Å². The second-order valence-corrected chi connectivity index (χ2v) is 16.2. The maximum Gasteiger partial charge on any atom is 0.434 e. The highest BCUT2D eigenvalue weighted by molar-refractivity contribution is 7.10.